The monoisotopic (exact) mass is 312 g/mol. The number of rotatable bonds is 6. The quantitative estimate of drug-likeness (QED) is 0.692. The number of esters is 2. The van der Waals surface area contributed by atoms with Crippen LogP contribution in [0, 0.1) is 17.3 Å². The Morgan fingerprint density at radius 2 is 1.59 bits per heavy atom. The first-order valence-electron chi connectivity index (χ1n) is 8.47. The molecule has 0 atom stereocenters. The molecule has 0 N–H and O–H groups in total. The van der Waals surface area contributed by atoms with Crippen molar-refractivity contribution in [1.82, 2.24) is 0 Å². The molecule has 0 aliphatic heterocycles. The fourth-order valence-electron chi connectivity index (χ4n) is 2.83. The SMILES string of the molecule is CCC(C)(C)C(=O)OCC(=O)OC(C)(C)C1CCC(C)CC1. The lowest BCUT2D eigenvalue weighted by Crippen LogP contribution is -2.40. The van der Waals surface area contributed by atoms with Gasteiger partial charge in [0.25, 0.3) is 0 Å². The van der Waals surface area contributed by atoms with Crippen LogP contribution in [0.15, 0.2) is 0 Å². The van der Waals surface area contributed by atoms with Gasteiger partial charge in [-0.05, 0) is 58.8 Å². The van der Waals surface area contributed by atoms with Crippen LogP contribution in [0.25, 0.3) is 0 Å². The van der Waals surface area contributed by atoms with Crippen LogP contribution in [0.5, 0.6) is 0 Å². The highest BCUT2D eigenvalue weighted by atomic mass is 16.6. The average molecular weight is 312 g/mol. The summed E-state index contributed by atoms with van der Waals surface area (Å²) in [6, 6.07) is 0. The van der Waals surface area contributed by atoms with Crippen LogP contribution in [-0.4, -0.2) is 24.1 Å². The molecule has 1 saturated carbocycles. The molecule has 0 heterocycles. The van der Waals surface area contributed by atoms with E-state index in [1.165, 1.54) is 12.8 Å². The van der Waals surface area contributed by atoms with E-state index in [0.717, 1.165) is 18.8 Å². The largest absolute Gasteiger partial charge is 0.457 e. The topological polar surface area (TPSA) is 52.6 Å². The Labute approximate surface area is 134 Å². The van der Waals surface area contributed by atoms with Gasteiger partial charge in [-0.2, -0.15) is 0 Å². The van der Waals surface area contributed by atoms with E-state index < -0.39 is 17.0 Å². The summed E-state index contributed by atoms with van der Waals surface area (Å²) < 4.78 is 10.7. The van der Waals surface area contributed by atoms with Crippen molar-refractivity contribution in [3.63, 3.8) is 0 Å². The van der Waals surface area contributed by atoms with Gasteiger partial charge in [0.2, 0.25) is 0 Å². The van der Waals surface area contributed by atoms with Gasteiger partial charge in [0, 0.05) is 0 Å². The van der Waals surface area contributed by atoms with Crippen LogP contribution in [0.1, 0.15) is 73.6 Å². The van der Waals surface area contributed by atoms with Gasteiger partial charge in [-0.25, -0.2) is 4.79 Å². The predicted octanol–water partition coefficient (Wildman–Crippen LogP) is 4.11. The highest BCUT2D eigenvalue weighted by Gasteiger charge is 2.36. The summed E-state index contributed by atoms with van der Waals surface area (Å²) in [5, 5.41) is 0. The Morgan fingerprint density at radius 1 is 1.05 bits per heavy atom. The molecule has 128 valence electrons. The van der Waals surface area contributed by atoms with Gasteiger partial charge in [0.15, 0.2) is 6.61 Å². The second-order valence-electron chi connectivity index (χ2n) is 7.85. The van der Waals surface area contributed by atoms with Crippen molar-refractivity contribution in [2.75, 3.05) is 6.61 Å². The van der Waals surface area contributed by atoms with E-state index in [2.05, 4.69) is 6.92 Å². The van der Waals surface area contributed by atoms with E-state index in [-0.39, 0.29) is 12.6 Å². The first-order chi connectivity index (χ1) is 10.1. The summed E-state index contributed by atoms with van der Waals surface area (Å²) in [6.07, 6.45) is 5.22. The van der Waals surface area contributed by atoms with E-state index in [4.69, 9.17) is 9.47 Å². The van der Waals surface area contributed by atoms with Crippen molar-refractivity contribution in [2.24, 2.45) is 17.3 Å². The van der Waals surface area contributed by atoms with Crippen molar-refractivity contribution < 1.29 is 19.1 Å². The number of hydrogen-bond donors (Lipinski definition) is 0. The molecule has 1 aliphatic carbocycles. The highest BCUT2D eigenvalue weighted by molar-refractivity contribution is 5.79. The summed E-state index contributed by atoms with van der Waals surface area (Å²) in [7, 11) is 0. The molecule has 0 spiro atoms. The van der Waals surface area contributed by atoms with Crippen LogP contribution < -0.4 is 0 Å². The van der Waals surface area contributed by atoms with E-state index in [1.54, 1.807) is 0 Å². The van der Waals surface area contributed by atoms with E-state index in [1.807, 2.05) is 34.6 Å². The van der Waals surface area contributed by atoms with Crippen molar-refractivity contribution >= 4 is 11.9 Å². The molecule has 0 aromatic carbocycles. The predicted molar refractivity (Wildman–Crippen MR) is 86.3 cm³/mol. The summed E-state index contributed by atoms with van der Waals surface area (Å²) >= 11 is 0. The Kier molecular flexibility index (Phi) is 6.45. The fourth-order valence-corrected chi connectivity index (χ4v) is 2.83. The lowest BCUT2D eigenvalue weighted by atomic mass is 9.75. The van der Waals surface area contributed by atoms with Crippen LogP contribution in [-0.2, 0) is 19.1 Å². The van der Waals surface area contributed by atoms with Gasteiger partial charge in [0.05, 0.1) is 5.41 Å². The zero-order valence-corrected chi connectivity index (χ0v) is 15.0. The average Bonchev–Trinajstić information content (AvgIpc) is 2.44. The van der Waals surface area contributed by atoms with Gasteiger partial charge in [-0.15, -0.1) is 0 Å². The summed E-state index contributed by atoms with van der Waals surface area (Å²) in [5.74, 6) is 0.343. The number of hydrogen-bond acceptors (Lipinski definition) is 4. The summed E-state index contributed by atoms with van der Waals surface area (Å²) in [6.45, 7) is 11.4. The number of carbonyl (C=O) groups excluding carboxylic acids is 2. The number of carbonyl (C=O) groups is 2. The molecule has 4 nitrogen and oxygen atoms in total. The summed E-state index contributed by atoms with van der Waals surface area (Å²) in [5.41, 5.74) is -1.06. The molecule has 22 heavy (non-hydrogen) atoms. The third-order valence-corrected chi connectivity index (χ3v) is 5.13. The molecule has 0 radical (unpaired) electrons. The molecule has 0 aromatic rings. The van der Waals surface area contributed by atoms with Gasteiger partial charge < -0.3 is 9.47 Å². The van der Waals surface area contributed by atoms with Crippen molar-refractivity contribution in [3.8, 4) is 0 Å². The van der Waals surface area contributed by atoms with Crippen molar-refractivity contribution in [1.29, 1.82) is 0 Å². The van der Waals surface area contributed by atoms with E-state index >= 15 is 0 Å². The maximum atomic E-state index is 12.0. The zero-order chi connectivity index (χ0) is 17.0. The molecule has 0 saturated heterocycles. The Bertz CT molecular complexity index is 390. The molecule has 1 aliphatic rings. The van der Waals surface area contributed by atoms with Crippen LogP contribution >= 0.6 is 0 Å². The van der Waals surface area contributed by atoms with E-state index in [0.29, 0.717) is 12.3 Å². The normalized spacial score (nSPS) is 23.0. The Hall–Kier alpha value is -1.06. The second-order valence-corrected chi connectivity index (χ2v) is 7.85. The highest BCUT2D eigenvalue weighted by Crippen LogP contribution is 2.37. The van der Waals surface area contributed by atoms with Gasteiger partial charge in [-0.3, -0.25) is 4.79 Å². The zero-order valence-electron chi connectivity index (χ0n) is 15.0. The maximum absolute atomic E-state index is 12.0. The standard InChI is InChI=1S/C18H32O4/c1-7-17(3,4)16(20)21-12-15(19)22-18(5,6)14-10-8-13(2)9-11-14/h13-14H,7-12H2,1-6H3. The molecule has 0 bridgehead atoms. The first-order valence-corrected chi connectivity index (χ1v) is 8.47. The molecule has 0 unspecified atom stereocenters. The van der Waals surface area contributed by atoms with Crippen molar-refractivity contribution in [2.45, 2.75) is 79.2 Å². The van der Waals surface area contributed by atoms with Crippen LogP contribution in [0.3, 0.4) is 0 Å². The molecule has 1 rings (SSSR count). The summed E-state index contributed by atoms with van der Waals surface area (Å²) in [4.78, 5) is 23.9. The second kappa shape index (κ2) is 7.47. The first kappa shape index (κ1) is 19.0. The Balaban J connectivity index is 2.45. The van der Waals surface area contributed by atoms with Crippen molar-refractivity contribution in [3.05, 3.63) is 0 Å². The minimum atomic E-state index is -0.560. The van der Waals surface area contributed by atoms with Gasteiger partial charge in [-0.1, -0.05) is 26.7 Å². The maximum Gasteiger partial charge on any atom is 0.344 e. The van der Waals surface area contributed by atoms with E-state index in [9.17, 15) is 9.59 Å². The van der Waals surface area contributed by atoms with Crippen LogP contribution in [0.4, 0.5) is 0 Å². The minimum absolute atomic E-state index is 0.297. The molecule has 4 heteroatoms. The molecule has 1 fully saturated rings. The third-order valence-electron chi connectivity index (χ3n) is 5.13. The molecule has 0 aromatic heterocycles. The number of ether oxygens (including phenoxy) is 2. The van der Waals surface area contributed by atoms with Gasteiger partial charge >= 0.3 is 11.9 Å². The lowest BCUT2D eigenvalue weighted by molar-refractivity contribution is -0.176. The smallest absolute Gasteiger partial charge is 0.344 e. The molecular formula is C18H32O4. The third kappa shape index (κ3) is 5.29. The molecule has 0 amide bonds. The Morgan fingerprint density at radius 3 is 2.09 bits per heavy atom. The minimum Gasteiger partial charge on any atom is -0.457 e. The molecular weight excluding hydrogens is 280 g/mol. The van der Waals surface area contributed by atoms with Gasteiger partial charge in [0.1, 0.15) is 5.60 Å². The lowest BCUT2D eigenvalue weighted by Gasteiger charge is -2.38. The fraction of sp³-hybridized carbons (Fsp3) is 0.889. The van der Waals surface area contributed by atoms with Crippen LogP contribution in [0.2, 0.25) is 0 Å².